The zero-order valence-corrected chi connectivity index (χ0v) is 14.1. The van der Waals surface area contributed by atoms with E-state index in [2.05, 4.69) is 27.1 Å². The van der Waals surface area contributed by atoms with Crippen LogP contribution >= 0.6 is 11.3 Å². The summed E-state index contributed by atoms with van der Waals surface area (Å²) >= 11 is 1.72. The molecule has 2 aliphatic carbocycles. The van der Waals surface area contributed by atoms with Crippen LogP contribution in [-0.4, -0.2) is 46.9 Å². The van der Waals surface area contributed by atoms with Gasteiger partial charge in [0.2, 0.25) is 5.91 Å². The fourth-order valence-electron chi connectivity index (χ4n) is 4.62. The van der Waals surface area contributed by atoms with Gasteiger partial charge in [-0.05, 0) is 38.0 Å². The Hall–Kier alpha value is -0.940. The normalized spacial score (nSPS) is 31.9. The fraction of sp³-hybridized carbons (Fsp3) is 0.765. The Morgan fingerprint density at radius 2 is 2.09 bits per heavy atom. The second-order valence-electron chi connectivity index (χ2n) is 7.24. The van der Waals surface area contributed by atoms with E-state index in [0.29, 0.717) is 17.7 Å². The molecule has 1 aliphatic heterocycles. The molecule has 3 fully saturated rings. The Labute approximate surface area is 136 Å². The van der Waals surface area contributed by atoms with Crippen molar-refractivity contribution in [3.05, 3.63) is 16.1 Å². The minimum absolute atomic E-state index is 0.353. The molecule has 4 rings (SSSR count). The average molecular weight is 319 g/mol. The first-order chi connectivity index (χ1) is 10.7. The zero-order valence-electron chi connectivity index (χ0n) is 13.3. The van der Waals surface area contributed by atoms with E-state index in [1.54, 1.807) is 11.3 Å². The van der Waals surface area contributed by atoms with E-state index in [1.165, 1.54) is 31.4 Å². The first-order valence-electron chi connectivity index (χ1n) is 8.61. The second-order valence-corrected chi connectivity index (χ2v) is 8.30. The lowest BCUT2D eigenvalue weighted by molar-refractivity contribution is -0.139. The largest absolute Gasteiger partial charge is 0.340 e. The summed E-state index contributed by atoms with van der Waals surface area (Å²) in [6.45, 7) is 6.76. The molecular formula is C17H25N3OS. The van der Waals surface area contributed by atoms with Gasteiger partial charge in [0.15, 0.2) is 0 Å². The van der Waals surface area contributed by atoms with Gasteiger partial charge in [0.1, 0.15) is 0 Å². The van der Waals surface area contributed by atoms with Gasteiger partial charge < -0.3 is 4.90 Å². The molecule has 4 nitrogen and oxygen atoms in total. The standard InChI is InChI=1S/C17H25N3OS/c1-12-18-15(11-22-12)10-19-4-6-20(7-5-19)17(21)16-9-13-2-3-14(16)8-13/h11,13-14,16H,2-10H2,1H3. The molecule has 0 N–H and O–H groups in total. The summed E-state index contributed by atoms with van der Waals surface area (Å²) in [7, 11) is 0. The molecule has 0 spiro atoms. The number of piperazine rings is 1. The quantitative estimate of drug-likeness (QED) is 0.859. The number of aromatic nitrogens is 1. The molecule has 120 valence electrons. The van der Waals surface area contributed by atoms with Gasteiger partial charge >= 0.3 is 0 Å². The predicted molar refractivity (Wildman–Crippen MR) is 87.6 cm³/mol. The van der Waals surface area contributed by atoms with E-state index >= 15 is 0 Å². The SMILES string of the molecule is Cc1nc(CN2CCN(C(=O)C3CC4CCC3C4)CC2)cs1. The number of fused-ring (bicyclic) bond motifs is 2. The molecular weight excluding hydrogens is 294 g/mol. The van der Waals surface area contributed by atoms with Crippen LogP contribution in [0.25, 0.3) is 0 Å². The van der Waals surface area contributed by atoms with Gasteiger partial charge in [-0.3, -0.25) is 9.69 Å². The Kier molecular flexibility index (Phi) is 3.95. The molecule has 2 heterocycles. The topological polar surface area (TPSA) is 36.4 Å². The van der Waals surface area contributed by atoms with Crippen molar-refractivity contribution in [1.82, 2.24) is 14.8 Å². The fourth-order valence-corrected chi connectivity index (χ4v) is 5.22. The number of amides is 1. The maximum Gasteiger partial charge on any atom is 0.226 e. The molecule has 0 radical (unpaired) electrons. The van der Waals surface area contributed by atoms with Crippen LogP contribution in [0.15, 0.2) is 5.38 Å². The second kappa shape index (κ2) is 5.93. The third-order valence-electron chi connectivity index (χ3n) is 5.79. The molecule has 1 amide bonds. The van der Waals surface area contributed by atoms with Gasteiger partial charge in [0.25, 0.3) is 0 Å². The van der Waals surface area contributed by atoms with Crippen molar-refractivity contribution in [2.24, 2.45) is 17.8 Å². The maximum absolute atomic E-state index is 12.8. The van der Waals surface area contributed by atoms with Gasteiger partial charge in [-0.25, -0.2) is 4.98 Å². The van der Waals surface area contributed by atoms with Crippen molar-refractivity contribution in [1.29, 1.82) is 0 Å². The molecule has 22 heavy (non-hydrogen) atoms. The molecule has 5 heteroatoms. The van der Waals surface area contributed by atoms with Crippen LogP contribution in [0.1, 0.15) is 36.4 Å². The number of rotatable bonds is 3. The van der Waals surface area contributed by atoms with Crippen LogP contribution in [0.3, 0.4) is 0 Å². The highest BCUT2D eigenvalue weighted by Gasteiger charge is 2.44. The van der Waals surface area contributed by atoms with E-state index in [-0.39, 0.29) is 0 Å². The Balaban J connectivity index is 1.29. The molecule has 1 saturated heterocycles. The highest BCUT2D eigenvalue weighted by molar-refractivity contribution is 7.09. The first-order valence-corrected chi connectivity index (χ1v) is 9.49. The third-order valence-corrected chi connectivity index (χ3v) is 6.61. The van der Waals surface area contributed by atoms with E-state index in [0.717, 1.165) is 43.6 Å². The van der Waals surface area contributed by atoms with E-state index < -0.39 is 0 Å². The number of thiazole rings is 1. The summed E-state index contributed by atoms with van der Waals surface area (Å²) in [5.74, 6) is 2.37. The monoisotopic (exact) mass is 319 g/mol. The maximum atomic E-state index is 12.8. The summed E-state index contributed by atoms with van der Waals surface area (Å²) in [6, 6.07) is 0. The minimum Gasteiger partial charge on any atom is -0.340 e. The molecule has 1 aromatic rings. The number of carbonyl (C=O) groups excluding carboxylic acids is 1. The van der Waals surface area contributed by atoms with Crippen molar-refractivity contribution in [2.45, 2.75) is 39.2 Å². The van der Waals surface area contributed by atoms with Crippen LogP contribution in [0.5, 0.6) is 0 Å². The van der Waals surface area contributed by atoms with Gasteiger partial charge in [0, 0.05) is 44.0 Å². The van der Waals surface area contributed by atoms with E-state index in [9.17, 15) is 4.79 Å². The zero-order chi connectivity index (χ0) is 15.1. The third kappa shape index (κ3) is 2.81. The van der Waals surface area contributed by atoms with Crippen molar-refractivity contribution in [2.75, 3.05) is 26.2 Å². The van der Waals surface area contributed by atoms with Crippen LogP contribution in [0.2, 0.25) is 0 Å². The molecule has 2 saturated carbocycles. The number of nitrogens with zero attached hydrogens (tertiary/aromatic N) is 3. The van der Waals surface area contributed by atoms with Crippen molar-refractivity contribution in [3.8, 4) is 0 Å². The lowest BCUT2D eigenvalue weighted by atomic mass is 9.87. The average Bonchev–Trinajstić information content (AvgIpc) is 3.24. The Morgan fingerprint density at radius 3 is 2.68 bits per heavy atom. The molecule has 1 aromatic heterocycles. The van der Waals surface area contributed by atoms with Gasteiger partial charge in [-0.1, -0.05) is 6.42 Å². The van der Waals surface area contributed by atoms with Crippen LogP contribution < -0.4 is 0 Å². The first kappa shape index (κ1) is 14.6. The number of hydrogen-bond acceptors (Lipinski definition) is 4. The summed E-state index contributed by atoms with van der Waals surface area (Å²) in [6.07, 6.45) is 5.15. The van der Waals surface area contributed by atoms with Crippen molar-refractivity contribution < 1.29 is 4.79 Å². The highest BCUT2D eigenvalue weighted by atomic mass is 32.1. The van der Waals surface area contributed by atoms with Crippen LogP contribution in [0.4, 0.5) is 0 Å². The molecule has 0 aromatic carbocycles. The Morgan fingerprint density at radius 1 is 1.27 bits per heavy atom. The van der Waals surface area contributed by atoms with Crippen molar-refractivity contribution >= 4 is 17.2 Å². The van der Waals surface area contributed by atoms with Crippen LogP contribution in [-0.2, 0) is 11.3 Å². The predicted octanol–water partition coefficient (Wildman–Crippen LogP) is 2.53. The van der Waals surface area contributed by atoms with Crippen LogP contribution in [0, 0.1) is 24.7 Å². The van der Waals surface area contributed by atoms with Gasteiger partial charge in [-0.15, -0.1) is 11.3 Å². The number of carbonyl (C=O) groups is 1. The molecule has 2 bridgehead atoms. The highest BCUT2D eigenvalue weighted by Crippen LogP contribution is 2.48. The molecule has 3 unspecified atom stereocenters. The molecule has 3 atom stereocenters. The summed E-state index contributed by atoms with van der Waals surface area (Å²) in [5.41, 5.74) is 1.18. The summed E-state index contributed by atoms with van der Waals surface area (Å²) in [4.78, 5) is 21.9. The lowest BCUT2D eigenvalue weighted by Gasteiger charge is -2.37. The summed E-state index contributed by atoms with van der Waals surface area (Å²) in [5, 5.41) is 3.29. The number of hydrogen-bond donors (Lipinski definition) is 0. The van der Waals surface area contributed by atoms with E-state index in [1.807, 2.05) is 0 Å². The minimum atomic E-state index is 0.353. The lowest BCUT2D eigenvalue weighted by Crippen LogP contribution is -2.50. The number of aryl methyl sites for hydroxylation is 1. The summed E-state index contributed by atoms with van der Waals surface area (Å²) < 4.78 is 0. The Bertz CT molecular complexity index is 550. The van der Waals surface area contributed by atoms with Crippen molar-refractivity contribution in [3.63, 3.8) is 0 Å². The smallest absolute Gasteiger partial charge is 0.226 e. The molecule has 3 aliphatic rings. The van der Waals surface area contributed by atoms with E-state index in [4.69, 9.17) is 0 Å². The van der Waals surface area contributed by atoms with Gasteiger partial charge in [0.05, 0.1) is 10.7 Å². The van der Waals surface area contributed by atoms with Gasteiger partial charge in [-0.2, -0.15) is 0 Å².